The molecule has 3 aromatic rings. The van der Waals surface area contributed by atoms with Crippen molar-refractivity contribution in [3.05, 3.63) is 59.4 Å². The molecule has 0 saturated carbocycles. The van der Waals surface area contributed by atoms with Gasteiger partial charge in [0.05, 0.1) is 6.10 Å². The number of para-hydroxylation sites is 1. The highest BCUT2D eigenvalue weighted by molar-refractivity contribution is 5.84. The second kappa shape index (κ2) is 6.86. The number of nitrogen functional groups attached to an aromatic ring is 1. The minimum atomic E-state index is -0.614. The van der Waals surface area contributed by atoms with E-state index in [0.29, 0.717) is 12.4 Å². The first kappa shape index (κ1) is 17.5. The maximum absolute atomic E-state index is 10.4. The molecule has 0 radical (unpaired) electrons. The first-order valence-electron chi connectivity index (χ1n) is 8.56. The van der Waals surface area contributed by atoms with Crippen LogP contribution in [0.2, 0.25) is 0 Å². The van der Waals surface area contributed by atoms with Crippen molar-refractivity contribution in [1.29, 1.82) is 0 Å². The molecule has 0 fully saturated rings. The number of aryl methyl sites for hydroxylation is 1. The number of hydrogen-bond acceptors (Lipinski definition) is 4. The third-order valence-electron chi connectivity index (χ3n) is 4.61. The lowest BCUT2D eigenvalue weighted by atomic mass is 9.92. The quantitative estimate of drug-likeness (QED) is 0.556. The van der Waals surface area contributed by atoms with E-state index in [0.717, 1.165) is 12.0 Å². The number of pyridine rings is 1. The van der Waals surface area contributed by atoms with Gasteiger partial charge in [0.1, 0.15) is 5.82 Å². The van der Waals surface area contributed by atoms with Crippen molar-refractivity contribution >= 4 is 16.7 Å². The molecule has 0 bridgehead atoms. The number of aliphatic hydroxyl groups excluding tert-OH is 1. The maximum atomic E-state index is 10.4. The second-order valence-electron chi connectivity index (χ2n) is 7.25. The molecule has 0 spiro atoms. The number of hydrogen-bond donors (Lipinski definition) is 4. The number of aromatic amines is 1. The monoisotopic (exact) mass is 338 g/mol. The van der Waals surface area contributed by atoms with Crippen molar-refractivity contribution in [2.24, 2.45) is 0 Å². The third kappa shape index (κ3) is 4.00. The van der Waals surface area contributed by atoms with E-state index in [1.54, 1.807) is 12.3 Å². The van der Waals surface area contributed by atoms with Crippen LogP contribution < -0.4 is 11.1 Å². The molecule has 0 amide bonds. The molecule has 0 aliphatic carbocycles. The van der Waals surface area contributed by atoms with Crippen molar-refractivity contribution in [1.82, 2.24) is 15.3 Å². The van der Waals surface area contributed by atoms with Crippen LogP contribution in [0.15, 0.2) is 42.6 Å². The maximum Gasteiger partial charge on any atom is 0.123 e. The van der Waals surface area contributed by atoms with Crippen LogP contribution in [0.5, 0.6) is 0 Å². The van der Waals surface area contributed by atoms with Crippen LogP contribution in [0.4, 0.5) is 5.82 Å². The normalized spacial score (nSPS) is 13.3. The van der Waals surface area contributed by atoms with Crippen LogP contribution in [-0.4, -0.2) is 27.2 Å². The molecule has 0 aliphatic heterocycles. The number of aliphatic hydroxyl groups is 1. The van der Waals surface area contributed by atoms with E-state index in [4.69, 9.17) is 5.73 Å². The van der Waals surface area contributed by atoms with Crippen molar-refractivity contribution in [3.63, 3.8) is 0 Å². The van der Waals surface area contributed by atoms with Gasteiger partial charge in [-0.1, -0.05) is 24.3 Å². The number of nitrogens with two attached hydrogens (primary N) is 1. The van der Waals surface area contributed by atoms with Gasteiger partial charge in [-0.25, -0.2) is 4.98 Å². The van der Waals surface area contributed by atoms with Crippen molar-refractivity contribution < 1.29 is 5.11 Å². The molecule has 0 aliphatic rings. The van der Waals surface area contributed by atoms with Gasteiger partial charge in [-0.2, -0.15) is 0 Å². The number of β-amino-alcohol motifs (C(OH)–C–C–N with tert-alkyl or cyclic N) is 1. The highest BCUT2D eigenvalue weighted by atomic mass is 16.3. The average Bonchev–Trinajstić information content (AvgIpc) is 2.89. The fraction of sp³-hybridized carbons (Fsp3) is 0.350. The highest BCUT2D eigenvalue weighted by Crippen LogP contribution is 2.26. The van der Waals surface area contributed by atoms with E-state index in [2.05, 4.69) is 54.3 Å². The number of nitrogens with zero attached hydrogens (tertiary/aromatic N) is 1. The summed E-state index contributed by atoms with van der Waals surface area (Å²) in [6.45, 7) is 6.88. The summed E-state index contributed by atoms with van der Waals surface area (Å²) >= 11 is 0. The summed E-state index contributed by atoms with van der Waals surface area (Å²) in [5.74, 6) is 0.457. The average molecular weight is 338 g/mol. The number of H-pyrrole nitrogens is 1. The van der Waals surface area contributed by atoms with E-state index in [9.17, 15) is 5.11 Å². The van der Waals surface area contributed by atoms with Gasteiger partial charge in [0, 0.05) is 40.4 Å². The minimum Gasteiger partial charge on any atom is -0.387 e. The van der Waals surface area contributed by atoms with Gasteiger partial charge in [-0.05, 0) is 44.9 Å². The number of aromatic nitrogens is 2. The summed E-state index contributed by atoms with van der Waals surface area (Å²) in [5.41, 5.74) is 9.88. The molecular weight excluding hydrogens is 312 g/mol. The summed E-state index contributed by atoms with van der Waals surface area (Å²) in [5, 5.41) is 15.1. The molecule has 0 saturated heterocycles. The van der Waals surface area contributed by atoms with Crippen LogP contribution in [0.25, 0.3) is 10.9 Å². The number of benzene rings is 1. The minimum absolute atomic E-state index is 0.155. The topological polar surface area (TPSA) is 87.0 Å². The Hall–Kier alpha value is -2.37. The highest BCUT2D eigenvalue weighted by Gasteiger charge is 2.22. The van der Waals surface area contributed by atoms with E-state index in [1.807, 2.05) is 12.1 Å². The zero-order chi connectivity index (χ0) is 18.0. The van der Waals surface area contributed by atoms with E-state index >= 15 is 0 Å². The molecule has 132 valence electrons. The van der Waals surface area contributed by atoms with E-state index < -0.39 is 6.10 Å². The standard InChI is InChI=1S/C20H26N4O/c1-13-16(15-6-4-5-7-17(15)24-13)10-20(2,3)23-12-18(25)14-8-9-19(21)22-11-14/h4-9,11,18,23-25H,10,12H2,1-3H3,(H2,21,22). The molecule has 1 aromatic carbocycles. The molecule has 1 unspecified atom stereocenters. The molecule has 2 heterocycles. The SMILES string of the molecule is Cc1[nH]c2ccccc2c1CC(C)(C)NCC(O)c1ccc(N)nc1. The van der Waals surface area contributed by atoms with Crippen molar-refractivity contribution in [3.8, 4) is 0 Å². The van der Waals surface area contributed by atoms with Crippen LogP contribution in [0.1, 0.15) is 36.8 Å². The Kier molecular flexibility index (Phi) is 4.79. The van der Waals surface area contributed by atoms with Crippen LogP contribution >= 0.6 is 0 Å². The summed E-state index contributed by atoms with van der Waals surface area (Å²) in [6.07, 6.45) is 1.88. The predicted octanol–water partition coefficient (Wildman–Crippen LogP) is 3.10. The summed E-state index contributed by atoms with van der Waals surface area (Å²) in [6, 6.07) is 11.9. The molecule has 25 heavy (non-hydrogen) atoms. The molecular formula is C20H26N4O. The fourth-order valence-electron chi connectivity index (χ4n) is 3.17. The zero-order valence-electron chi connectivity index (χ0n) is 15.0. The zero-order valence-corrected chi connectivity index (χ0v) is 15.0. The fourth-order valence-corrected chi connectivity index (χ4v) is 3.17. The molecule has 1 atom stereocenters. The largest absolute Gasteiger partial charge is 0.387 e. The molecule has 5 N–H and O–H groups in total. The van der Waals surface area contributed by atoms with Gasteiger partial charge < -0.3 is 21.1 Å². The lowest BCUT2D eigenvalue weighted by Crippen LogP contribution is -2.43. The van der Waals surface area contributed by atoms with Gasteiger partial charge in [-0.3, -0.25) is 0 Å². The Morgan fingerprint density at radius 1 is 1.24 bits per heavy atom. The van der Waals surface area contributed by atoms with E-state index in [-0.39, 0.29) is 5.54 Å². The van der Waals surface area contributed by atoms with E-state index in [1.165, 1.54) is 22.2 Å². The van der Waals surface area contributed by atoms with Crippen LogP contribution in [0.3, 0.4) is 0 Å². The molecule has 3 rings (SSSR count). The third-order valence-corrected chi connectivity index (χ3v) is 4.61. The Labute approximate surface area is 148 Å². The lowest BCUT2D eigenvalue weighted by Gasteiger charge is -2.28. The Bertz CT molecular complexity index is 852. The second-order valence-corrected chi connectivity index (χ2v) is 7.25. The Morgan fingerprint density at radius 2 is 2.00 bits per heavy atom. The van der Waals surface area contributed by atoms with Gasteiger partial charge >= 0.3 is 0 Å². The van der Waals surface area contributed by atoms with Crippen LogP contribution in [0, 0.1) is 6.92 Å². The van der Waals surface area contributed by atoms with Crippen molar-refractivity contribution in [2.45, 2.75) is 38.8 Å². The number of anilines is 1. The van der Waals surface area contributed by atoms with Gasteiger partial charge in [0.25, 0.3) is 0 Å². The first-order chi connectivity index (χ1) is 11.9. The Balaban J connectivity index is 1.69. The van der Waals surface area contributed by atoms with Gasteiger partial charge in [0.2, 0.25) is 0 Å². The number of nitrogens with one attached hydrogen (secondary N) is 2. The van der Waals surface area contributed by atoms with Gasteiger partial charge in [0.15, 0.2) is 0 Å². The van der Waals surface area contributed by atoms with Crippen molar-refractivity contribution in [2.75, 3.05) is 12.3 Å². The lowest BCUT2D eigenvalue weighted by molar-refractivity contribution is 0.160. The van der Waals surface area contributed by atoms with Gasteiger partial charge in [-0.15, -0.1) is 0 Å². The summed E-state index contributed by atoms with van der Waals surface area (Å²) in [4.78, 5) is 7.49. The summed E-state index contributed by atoms with van der Waals surface area (Å²) < 4.78 is 0. The molecule has 2 aromatic heterocycles. The smallest absolute Gasteiger partial charge is 0.123 e. The Morgan fingerprint density at radius 3 is 2.72 bits per heavy atom. The first-order valence-corrected chi connectivity index (χ1v) is 8.56. The molecule has 5 heteroatoms. The summed E-state index contributed by atoms with van der Waals surface area (Å²) in [7, 11) is 0. The van der Waals surface area contributed by atoms with Crippen LogP contribution in [-0.2, 0) is 6.42 Å². The number of rotatable bonds is 6. The predicted molar refractivity (Wildman–Crippen MR) is 102 cm³/mol. The molecule has 5 nitrogen and oxygen atoms in total. The number of fused-ring (bicyclic) bond motifs is 1.